The van der Waals surface area contributed by atoms with Crippen molar-refractivity contribution in [3.05, 3.63) is 28.2 Å². The molecular formula is C15H21Cl2NO2. The van der Waals surface area contributed by atoms with E-state index in [-0.39, 0.29) is 5.97 Å². The zero-order chi connectivity index (χ0) is 15.1. The van der Waals surface area contributed by atoms with Gasteiger partial charge in [0.15, 0.2) is 0 Å². The lowest BCUT2D eigenvalue weighted by molar-refractivity contribution is -0.145. The highest BCUT2D eigenvalue weighted by Gasteiger charge is 2.16. The molecule has 0 aliphatic carbocycles. The van der Waals surface area contributed by atoms with Crippen LogP contribution in [-0.2, 0) is 9.53 Å². The molecule has 112 valence electrons. The number of esters is 1. The highest BCUT2D eigenvalue weighted by molar-refractivity contribution is 6.42. The molecule has 0 radical (unpaired) electrons. The van der Waals surface area contributed by atoms with Gasteiger partial charge in [-0.1, -0.05) is 49.9 Å². The predicted molar refractivity (Wildman–Crippen MR) is 84.6 cm³/mol. The summed E-state index contributed by atoms with van der Waals surface area (Å²) in [6.45, 7) is 6.43. The molecule has 5 heteroatoms. The quantitative estimate of drug-likeness (QED) is 0.736. The lowest BCUT2D eigenvalue weighted by atomic mass is 10.1. The average molecular weight is 318 g/mol. The van der Waals surface area contributed by atoms with Gasteiger partial charge < -0.3 is 10.1 Å². The number of benzene rings is 1. The number of halogens is 2. The van der Waals surface area contributed by atoms with Crippen molar-refractivity contribution in [3.8, 4) is 0 Å². The van der Waals surface area contributed by atoms with E-state index < -0.39 is 6.04 Å². The Bertz CT molecular complexity index is 447. The van der Waals surface area contributed by atoms with Gasteiger partial charge in [0.25, 0.3) is 0 Å². The number of anilines is 1. The standard InChI is InChI=1S/C15H21Cl2NO2/c1-4-11(5-2)9-20-15(19)10(3)18-12-6-7-13(16)14(17)8-12/h6-8,10-11,18H,4-5,9H2,1-3H3. The van der Waals surface area contributed by atoms with Gasteiger partial charge in [0, 0.05) is 5.69 Å². The van der Waals surface area contributed by atoms with E-state index in [1.807, 2.05) is 0 Å². The molecule has 0 fully saturated rings. The number of nitrogens with one attached hydrogen (secondary N) is 1. The van der Waals surface area contributed by atoms with Gasteiger partial charge in [-0.25, -0.2) is 4.79 Å². The maximum Gasteiger partial charge on any atom is 0.328 e. The number of carbonyl (C=O) groups is 1. The lowest BCUT2D eigenvalue weighted by Crippen LogP contribution is -2.29. The highest BCUT2D eigenvalue weighted by atomic mass is 35.5. The Labute approximate surface area is 130 Å². The Morgan fingerprint density at radius 1 is 1.25 bits per heavy atom. The van der Waals surface area contributed by atoms with Crippen LogP contribution in [0.1, 0.15) is 33.6 Å². The van der Waals surface area contributed by atoms with E-state index in [0.717, 1.165) is 18.5 Å². The largest absolute Gasteiger partial charge is 0.464 e. The highest BCUT2D eigenvalue weighted by Crippen LogP contribution is 2.25. The Morgan fingerprint density at radius 3 is 2.45 bits per heavy atom. The Balaban J connectivity index is 2.50. The van der Waals surface area contributed by atoms with Gasteiger partial charge in [0.1, 0.15) is 6.04 Å². The van der Waals surface area contributed by atoms with Crippen LogP contribution in [0, 0.1) is 5.92 Å². The van der Waals surface area contributed by atoms with Crippen molar-refractivity contribution >= 4 is 34.9 Å². The molecule has 1 unspecified atom stereocenters. The molecule has 0 heterocycles. The van der Waals surface area contributed by atoms with Crippen LogP contribution in [0.5, 0.6) is 0 Å². The van der Waals surface area contributed by atoms with Crippen LogP contribution >= 0.6 is 23.2 Å². The minimum absolute atomic E-state index is 0.261. The molecule has 3 nitrogen and oxygen atoms in total. The van der Waals surface area contributed by atoms with E-state index >= 15 is 0 Å². The predicted octanol–water partition coefficient (Wildman–Crippen LogP) is 4.77. The fraction of sp³-hybridized carbons (Fsp3) is 0.533. The van der Waals surface area contributed by atoms with Crippen molar-refractivity contribution in [2.75, 3.05) is 11.9 Å². The van der Waals surface area contributed by atoms with Gasteiger partial charge in [-0.2, -0.15) is 0 Å². The second-order valence-corrected chi connectivity index (χ2v) is 5.62. The minimum atomic E-state index is -0.429. The van der Waals surface area contributed by atoms with Crippen LogP contribution in [0.25, 0.3) is 0 Å². The first kappa shape index (κ1) is 17.1. The smallest absolute Gasteiger partial charge is 0.328 e. The number of hydrogen-bond donors (Lipinski definition) is 1. The molecule has 0 aliphatic rings. The summed E-state index contributed by atoms with van der Waals surface area (Å²) in [6.07, 6.45) is 2.02. The second-order valence-electron chi connectivity index (χ2n) is 4.81. The van der Waals surface area contributed by atoms with Gasteiger partial charge in [0.05, 0.1) is 16.7 Å². The summed E-state index contributed by atoms with van der Waals surface area (Å²) in [5, 5.41) is 3.99. The molecule has 20 heavy (non-hydrogen) atoms. The van der Waals surface area contributed by atoms with Crippen molar-refractivity contribution in [2.45, 2.75) is 39.7 Å². The fourth-order valence-corrected chi connectivity index (χ4v) is 2.04. The van der Waals surface area contributed by atoms with Crippen LogP contribution in [0.4, 0.5) is 5.69 Å². The van der Waals surface area contributed by atoms with Crippen molar-refractivity contribution in [2.24, 2.45) is 5.92 Å². The number of rotatable bonds is 7. The van der Waals surface area contributed by atoms with Crippen LogP contribution in [0.2, 0.25) is 10.0 Å². The average Bonchev–Trinajstić information content (AvgIpc) is 2.43. The first-order valence-electron chi connectivity index (χ1n) is 6.86. The Kier molecular flexibility index (Phi) is 7.17. The van der Waals surface area contributed by atoms with E-state index in [9.17, 15) is 4.79 Å². The maximum absolute atomic E-state index is 11.9. The second kappa shape index (κ2) is 8.38. The molecule has 0 aliphatic heterocycles. The van der Waals surface area contributed by atoms with Gasteiger partial charge in [-0.15, -0.1) is 0 Å². The van der Waals surface area contributed by atoms with Crippen LogP contribution in [-0.4, -0.2) is 18.6 Å². The molecule has 0 bridgehead atoms. The van der Waals surface area contributed by atoms with Crippen molar-refractivity contribution in [3.63, 3.8) is 0 Å². The summed E-state index contributed by atoms with van der Waals surface area (Å²) in [6, 6.07) is 4.73. The number of hydrogen-bond acceptors (Lipinski definition) is 3. The SMILES string of the molecule is CCC(CC)COC(=O)C(C)Nc1ccc(Cl)c(Cl)c1. The molecule has 0 amide bonds. The number of carbonyl (C=O) groups excluding carboxylic acids is 1. The topological polar surface area (TPSA) is 38.3 Å². The van der Waals surface area contributed by atoms with Gasteiger partial charge in [-0.3, -0.25) is 0 Å². The Morgan fingerprint density at radius 2 is 1.90 bits per heavy atom. The molecule has 1 aromatic rings. The van der Waals surface area contributed by atoms with E-state index in [2.05, 4.69) is 19.2 Å². The van der Waals surface area contributed by atoms with Crippen molar-refractivity contribution in [1.82, 2.24) is 0 Å². The van der Waals surface area contributed by atoms with E-state index in [1.54, 1.807) is 25.1 Å². The molecule has 1 atom stereocenters. The van der Waals surface area contributed by atoms with Gasteiger partial charge >= 0.3 is 5.97 Å². The van der Waals surface area contributed by atoms with Crippen LogP contribution in [0.15, 0.2) is 18.2 Å². The molecule has 0 saturated heterocycles. The summed E-state index contributed by atoms with van der Waals surface area (Å²) < 4.78 is 5.31. The molecule has 1 aromatic carbocycles. The molecule has 0 spiro atoms. The zero-order valence-electron chi connectivity index (χ0n) is 12.1. The van der Waals surface area contributed by atoms with Crippen molar-refractivity contribution < 1.29 is 9.53 Å². The summed E-state index contributed by atoms with van der Waals surface area (Å²) in [5.74, 6) is 0.166. The maximum atomic E-state index is 11.9. The first-order chi connectivity index (χ1) is 9.47. The summed E-state index contributed by atoms with van der Waals surface area (Å²) in [5.41, 5.74) is 0.742. The van der Waals surface area contributed by atoms with Crippen molar-refractivity contribution in [1.29, 1.82) is 0 Å². The molecular weight excluding hydrogens is 297 g/mol. The summed E-state index contributed by atoms with van der Waals surface area (Å²) in [4.78, 5) is 11.9. The van der Waals surface area contributed by atoms with Gasteiger partial charge in [-0.05, 0) is 31.0 Å². The van der Waals surface area contributed by atoms with E-state index in [1.165, 1.54) is 0 Å². The summed E-state index contributed by atoms with van der Waals surface area (Å²) >= 11 is 11.8. The van der Waals surface area contributed by atoms with Crippen LogP contribution < -0.4 is 5.32 Å². The third-order valence-electron chi connectivity index (χ3n) is 3.27. The Hall–Kier alpha value is -0.930. The van der Waals surface area contributed by atoms with Crippen LogP contribution in [0.3, 0.4) is 0 Å². The molecule has 1 rings (SSSR count). The third-order valence-corrected chi connectivity index (χ3v) is 4.01. The first-order valence-corrected chi connectivity index (χ1v) is 7.61. The molecule has 1 N–H and O–H groups in total. The minimum Gasteiger partial charge on any atom is -0.464 e. The normalized spacial score (nSPS) is 12.3. The van der Waals surface area contributed by atoms with E-state index in [0.29, 0.717) is 22.6 Å². The number of ether oxygens (including phenoxy) is 1. The summed E-state index contributed by atoms with van der Waals surface area (Å²) in [7, 11) is 0. The third kappa shape index (κ3) is 5.22. The monoisotopic (exact) mass is 317 g/mol. The molecule has 0 saturated carbocycles. The fourth-order valence-electron chi connectivity index (χ4n) is 1.74. The molecule has 0 aromatic heterocycles. The zero-order valence-corrected chi connectivity index (χ0v) is 13.6. The van der Waals surface area contributed by atoms with E-state index in [4.69, 9.17) is 27.9 Å². The lowest BCUT2D eigenvalue weighted by Gasteiger charge is -2.17. The van der Waals surface area contributed by atoms with Gasteiger partial charge in [0.2, 0.25) is 0 Å².